The molecule has 1 aromatic heterocycles. The van der Waals surface area contributed by atoms with E-state index in [-0.39, 0.29) is 17.0 Å². The maximum absolute atomic E-state index is 12.8. The van der Waals surface area contributed by atoms with Gasteiger partial charge in [0.1, 0.15) is 0 Å². The molecule has 168 valence electrons. The van der Waals surface area contributed by atoms with Gasteiger partial charge >= 0.3 is 0 Å². The van der Waals surface area contributed by atoms with Gasteiger partial charge in [0.2, 0.25) is 17.6 Å². The summed E-state index contributed by atoms with van der Waals surface area (Å²) in [5.74, 6) is -0.871. The average molecular weight is 444 g/mol. The first-order chi connectivity index (χ1) is 16.0. The molecule has 1 amide bonds. The van der Waals surface area contributed by atoms with Crippen LogP contribution in [0.1, 0.15) is 30.5 Å². The second-order valence-electron chi connectivity index (χ2n) is 6.59. The number of nitrogens with two attached hydrogens (primary N) is 1. The number of rotatable bonds is 3. The summed E-state index contributed by atoms with van der Waals surface area (Å²) < 4.78 is 5.21. The topological polar surface area (TPSA) is 146 Å². The first kappa shape index (κ1) is 23.1. The molecule has 2 aromatic carbocycles. The highest BCUT2D eigenvalue weighted by Crippen LogP contribution is 2.24. The number of aromatic nitrogens is 1. The lowest BCUT2D eigenvalue weighted by Gasteiger charge is -2.09. The van der Waals surface area contributed by atoms with Gasteiger partial charge in [-0.2, -0.15) is 4.99 Å². The maximum Gasteiger partial charge on any atom is 0.291 e. The first-order valence-electron chi connectivity index (χ1n) is 10.3. The number of carbonyl (C=O) groups excluding carboxylic acids is 1. The van der Waals surface area contributed by atoms with Gasteiger partial charge in [-0.1, -0.05) is 62.4 Å². The van der Waals surface area contributed by atoms with Crippen molar-refractivity contribution >= 4 is 29.2 Å². The molecule has 5 N–H and O–H groups in total. The molecule has 33 heavy (non-hydrogen) atoms. The van der Waals surface area contributed by atoms with Crippen molar-refractivity contribution in [1.82, 2.24) is 4.98 Å². The summed E-state index contributed by atoms with van der Waals surface area (Å²) >= 11 is 0. The summed E-state index contributed by atoms with van der Waals surface area (Å²) in [6, 6.07) is 19.0. The monoisotopic (exact) mass is 444 g/mol. The number of pyridine rings is 1. The molecule has 0 bridgehead atoms. The molecule has 0 aliphatic carbocycles. The molecule has 0 saturated heterocycles. The molecule has 9 nitrogen and oxygen atoms in total. The van der Waals surface area contributed by atoms with Crippen LogP contribution in [-0.4, -0.2) is 34.7 Å². The maximum atomic E-state index is 12.8. The van der Waals surface area contributed by atoms with Crippen molar-refractivity contribution in [2.45, 2.75) is 20.0 Å². The molecular formula is C24H24N6O3. The lowest BCUT2D eigenvalue weighted by molar-refractivity contribution is -0.117. The summed E-state index contributed by atoms with van der Waals surface area (Å²) in [7, 11) is 0. The highest BCUT2D eigenvalue weighted by atomic mass is 16.5. The number of carbonyl (C=O) groups is 1. The number of para-hydroxylation sites is 1. The van der Waals surface area contributed by atoms with E-state index in [4.69, 9.17) is 15.9 Å². The highest BCUT2D eigenvalue weighted by Gasteiger charge is 2.26. The van der Waals surface area contributed by atoms with Crippen LogP contribution in [0.15, 0.2) is 87.7 Å². The number of aliphatic imine (C=N–C) groups is 2. The van der Waals surface area contributed by atoms with Gasteiger partial charge in [0.25, 0.3) is 11.9 Å². The van der Waals surface area contributed by atoms with Crippen molar-refractivity contribution < 1.29 is 9.53 Å². The zero-order valence-electron chi connectivity index (χ0n) is 18.2. The van der Waals surface area contributed by atoms with Crippen molar-refractivity contribution in [1.29, 1.82) is 5.41 Å². The number of hydrogen-bond donors (Lipinski definition) is 4. The number of hydrogen-bond acceptors (Lipinski definition) is 6. The smallest absolute Gasteiger partial charge is 0.291 e. The molecule has 1 unspecified atom stereocenters. The van der Waals surface area contributed by atoms with Crippen molar-refractivity contribution in [2.75, 3.05) is 5.32 Å². The van der Waals surface area contributed by atoms with E-state index in [2.05, 4.69) is 20.3 Å². The van der Waals surface area contributed by atoms with Crippen molar-refractivity contribution in [3.63, 3.8) is 0 Å². The van der Waals surface area contributed by atoms with Crippen LogP contribution in [0.5, 0.6) is 0 Å². The van der Waals surface area contributed by atoms with Crippen molar-refractivity contribution in [2.24, 2.45) is 15.7 Å². The molecule has 2 heterocycles. The van der Waals surface area contributed by atoms with Gasteiger partial charge in [0.05, 0.1) is 11.4 Å². The summed E-state index contributed by atoms with van der Waals surface area (Å²) in [5, 5.41) is 10.8. The predicted molar refractivity (Wildman–Crippen MR) is 129 cm³/mol. The Balaban J connectivity index is 0.00000149. The van der Waals surface area contributed by atoms with E-state index in [0.717, 1.165) is 11.1 Å². The number of nitrogens with one attached hydrogen (secondary N) is 3. The van der Waals surface area contributed by atoms with E-state index < -0.39 is 18.1 Å². The second-order valence-corrected chi connectivity index (χ2v) is 6.59. The minimum atomic E-state index is -1.23. The zero-order valence-corrected chi connectivity index (χ0v) is 18.2. The molecular weight excluding hydrogens is 420 g/mol. The van der Waals surface area contributed by atoms with Gasteiger partial charge in [-0.3, -0.25) is 15.0 Å². The SMILES string of the molecule is CC.N=C(O/C(N)=N/C1N=C(c2ccccc2)c2ccccc2NC1=O)c1cc[nH]c(=O)c1. The van der Waals surface area contributed by atoms with Gasteiger partial charge in [0.15, 0.2) is 0 Å². The van der Waals surface area contributed by atoms with E-state index in [1.165, 1.54) is 18.3 Å². The number of benzene rings is 2. The van der Waals surface area contributed by atoms with E-state index in [9.17, 15) is 9.59 Å². The third-order valence-corrected chi connectivity index (χ3v) is 4.47. The summed E-state index contributed by atoms with van der Waals surface area (Å²) in [5.41, 5.74) is 8.39. The van der Waals surface area contributed by atoms with Crippen LogP contribution in [0, 0.1) is 5.41 Å². The molecule has 1 aliphatic rings. The Morgan fingerprint density at radius 2 is 1.76 bits per heavy atom. The quantitative estimate of drug-likeness (QED) is 0.363. The molecule has 0 fully saturated rings. The van der Waals surface area contributed by atoms with Crippen molar-refractivity contribution in [3.05, 3.63) is 100.0 Å². The number of nitrogens with zero attached hydrogens (tertiary/aromatic N) is 2. The molecule has 1 aliphatic heterocycles. The normalized spacial score (nSPS) is 15.1. The van der Waals surface area contributed by atoms with Gasteiger partial charge in [0, 0.05) is 29.0 Å². The molecule has 1 atom stereocenters. The molecule has 3 aromatic rings. The van der Waals surface area contributed by atoms with Gasteiger partial charge in [-0.15, -0.1) is 0 Å². The second kappa shape index (κ2) is 10.7. The Hall–Kier alpha value is -4.53. The van der Waals surface area contributed by atoms with Gasteiger partial charge < -0.3 is 20.8 Å². The van der Waals surface area contributed by atoms with Crippen LogP contribution in [0.3, 0.4) is 0 Å². The Morgan fingerprint density at radius 3 is 2.48 bits per heavy atom. The number of amides is 1. The number of benzodiazepines with no additional fused rings is 1. The summed E-state index contributed by atoms with van der Waals surface area (Å²) in [6.07, 6.45) is 0.157. The Morgan fingerprint density at radius 1 is 1.06 bits per heavy atom. The van der Waals surface area contributed by atoms with Crippen LogP contribution >= 0.6 is 0 Å². The third-order valence-electron chi connectivity index (χ3n) is 4.47. The summed E-state index contributed by atoms with van der Waals surface area (Å²) in [6.45, 7) is 4.00. The fraction of sp³-hybridized carbons (Fsp3) is 0.125. The number of amidine groups is 1. The van der Waals surface area contributed by atoms with Crippen LogP contribution in [0.2, 0.25) is 0 Å². The number of anilines is 1. The standard InChI is InChI=1S/C22H18N6O3.C2H6/c23-19(14-10-11-25-17(29)12-14)31-22(24)28-20-21(30)26-16-9-5-4-8-15(16)18(27-20)13-6-2-1-3-7-13;1-2/h1-12,20,23H,(H2,24,28)(H,25,29)(H,26,30);1-2H3. The highest BCUT2D eigenvalue weighted by molar-refractivity contribution is 6.19. The number of aromatic amines is 1. The van der Waals surface area contributed by atoms with E-state index in [0.29, 0.717) is 11.4 Å². The Labute approximate surface area is 190 Å². The lowest BCUT2D eigenvalue weighted by atomic mass is 10.0. The number of H-pyrrole nitrogens is 1. The molecule has 0 spiro atoms. The van der Waals surface area contributed by atoms with Crippen molar-refractivity contribution in [3.8, 4) is 0 Å². The Kier molecular flexibility index (Phi) is 7.48. The van der Waals surface area contributed by atoms with E-state index >= 15 is 0 Å². The van der Waals surface area contributed by atoms with Gasteiger partial charge in [-0.25, -0.2) is 4.99 Å². The minimum absolute atomic E-state index is 0.216. The lowest BCUT2D eigenvalue weighted by Crippen LogP contribution is -2.29. The number of fused-ring (bicyclic) bond motifs is 1. The fourth-order valence-electron chi connectivity index (χ4n) is 3.06. The van der Waals surface area contributed by atoms with E-state index in [1.54, 1.807) is 6.07 Å². The van der Waals surface area contributed by atoms with Crippen LogP contribution in [0.25, 0.3) is 0 Å². The molecule has 9 heteroatoms. The van der Waals surface area contributed by atoms with E-state index in [1.807, 2.05) is 62.4 Å². The van der Waals surface area contributed by atoms with Crippen LogP contribution in [0.4, 0.5) is 5.69 Å². The summed E-state index contributed by atoms with van der Waals surface area (Å²) in [4.78, 5) is 35.2. The van der Waals surface area contributed by atoms with Crippen LogP contribution < -0.4 is 16.6 Å². The third kappa shape index (κ3) is 5.59. The Bertz CT molecular complexity index is 1260. The average Bonchev–Trinajstić information content (AvgIpc) is 2.97. The molecule has 4 rings (SSSR count). The largest absolute Gasteiger partial charge is 0.407 e. The fourth-order valence-corrected chi connectivity index (χ4v) is 3.06. The predicted octanol–water partition coefficient (Wildman–Crippen LogP) is 2.87. The first-order valence-corrected chi connectivity index (χ1v) is 10.3. The molecule has 0 saturated carbocycles. The minimum Gasteiger partial charge on any atom is -0.407 e. The zero-order chi connectivity index (χ0) is 23.8. The van der Waals surface area contributed by atoms with Gasteiger partial charge in [-0.05, 0) is 12.1 Å². The molecule has 0 radical (unpaired) electrons. The number of ether oxygens (including phenoxy) is 1. The van der Waals surface area contributed by atoms with Crippen LogP contribution in [-0.2, 0) is 9.53 Å².